The topological polar surface area (TPSA) is 54.4 Å². The van der Waals surface area contributed by atoms with Gasteiger partial charge in [0.15, 0.2) is 0 Å². The third-order valence-corrected chi connectivity index (χ3v) is 2.87. The van der Waals surface area contributed by atoms with Gasteiger partial charge in [0.2, 0.25) is 0 Å². The van der Waals surface area contributed by atoms with Gasteiger partial charge in [0, 0.05) is 12.8 Å². The lowest BCUT2D eigenvalue weighted by molar-refractivity contribution is -0.144. The van der Waals surface area contributed by atoms with Crippen LogP contribution in [0.2, 0.25) is 0 Å². The normalized spacial score (nSPS) is 31.4. The zero-order valence-electron chi connectivity index (χ0n) is 8.12. The Bertz CT molecular complexity index is 222. The molecule has 1 N–H and O–H groups in total. The van der Waals surface area contributed by atoms with Crippen molar-refractivity contribution < 1.29 is 14.7 Å². The standard InChI is InChI=1S/C10H16O3/c1-6-3-8(5-9(11)4-6)7(2)10(12)13/h6-8H,3-5H2,1-2H3,(H,12,13)/t6-,7-,8-/m1/s1. The second-order valence-corrected chi connectivity index (χ2v) is 4.17. The Morgan fingerprint density at radius 2 is 2.15 bits per heavy atom. The minimum atomic E-state index is -0.785. The van der Waals surface area contributed by atoms with Crippen molar-refractivity contribution in [2.75, 3.05) is 0 Å². The van der Waals surface area contributed by atoms with E-state index in [0.29, 0.717) is 18.8 Å². The molecule has 1 aliphatic carbocycles. The molecule has 0 saturated heterocycles. The molecule has 0 aromatic carbocycles. The average Bonchev–Trinajstić information content (AvgIpc) is 2.01. The molecule has 0 aliphatic heterocycles. The molecule has 0 radical (unpaired) electrons. The van der Waals surface area contributed by atoms with E-state index in [1.807, 2.05) is 6.92 Å². The van der Waals surface area contributed by atoms with E-state index >= 15 is 0 Å². The Balaban J connectivity index is 2.59. The highest BCUT2D eigenvalue weighted by Gasteiger charge is 2.31. The molecule has 3 nitrogen and oxygen atoms in total. The van der Waals surface area contributed by atoms with Gasteiger partial charge in [-0.2, -0.15) is 0 Å². The van der Waals surface area contributed by atoms with Crippen LogP contribution in [0.15, 0.2) is 0 Å². The van der Waals surface area contributed by atoms with Crippen molar-refractivity contribution in [1.82, 2.24) is 0 Å². The van der Waals surface area contributed by atoms with Crippen LogP contribution >= 0.6 is 0 Å². The smallest absolute Gasteiger partial charge is 0.306 e. The molecule has 1 rings (SSSR count). The number of hydrogen-bond donors (Lipinski definition) is 1. The van der Waals surface area contributed by atoms with E-state index in [1.54, 1.807) is 6.92 Å². The Labute approximate surface area is 78.1 Å². The Morgan fingerprint density at radius 1 is 1.54 bits per heavy atom. The van der Waals surface area contributed by atoms with Crippen LogP contribution in [-0.2, 0) is 9.59 Å². The summed E-state index contributed by atoms with van der Waals surface area (Å²) in [5.74, 6) is -0.544. The van der Waals surface area contributed by atoms with Gasteiger partial charge in [0.05, 0.1) is 5.92 Å². The summed E-state index contributed by atoms with van der Waals surface area (Å²) in [5, 5.41) is 8.80. The van der Waals surface area contributed by atoms with Crippen molar-refractivity contribution in [3.8, 4) is 0 Å². The molecule has 13 heavy (non-hydrogen) atoms. The summed E-state index contributed by atoms with van der Waals surface area (Å²) in [6.45, 7) is 3.71. The van der Waals surface area contributed by atoms with Gasteiger partial charge >= 0.3 is 5.97 Å². The Morgan fingerprint density at radius 3 is 2.62 bits per heavy atom. The van der Waals surface area contributed by atoms with Gasteiger partial charge in [-0.1, -0.05) is 13.8 Å². The molecule has 0 aromatic heterocycles. The number of hydrogen-bond acceptors (Lipinski definition) is 2. The van der Waals surface area contributed by atoms with Gasteiger partial charge in [-0.25, -0.2) is 0 Å². The number of rotatable bonds is 2. The molecule has 0 bridgehead atoms. The van der Waals surface area contributed by atoms with Gasteiger partial charge in [0.1, 0.15) is 5.78 Å². The second-order valence-electron chi connectivity index (χ2n) is 4.17. The van der Waals surface area contributed by atoms with Crippen LogP contribution in [0.25, 0.3) is 0 Å². The van der Waals surface area contributed by atoms with Gasteiger partial charge in [-0.3, -0.25) is 9.59 Å². The fraction of sp³-hybridized carbons (Fsp3) is 0.800. The molecule has 0 aromatic rings. The zero-order valence-corrected chi connectivity index (χ0v) is 8.12. The van der Waals surface area contributed by atoms with Crippen molar-refractivity contribution >= 4 is 11.8 Å². The predicted molar refractivity (Wildman–Crippen MR) is 48.3 cm³/mol. The summed E-state index contributed by atoms with van der Waals surface area (Å²) >= 11 is 0. The first-order chi connectivity index (χ1) is 6.00. The quantitative estimate of drug-likeness (QED) is 0.710. The summed E-state index contributed by atoms with van der Waals surface area (Å²) in [7, 11) is 0. The van der Waals surface area contributed by atoms with Gasteiger partial charge in [0.25, 0.3) is 0 Å². The highest BCUT2D eigenvalue weighted by Crippen LogP contribution is 2.31. The van der Waals surface area contributed by atoms with Crippen LogP contribution in [0.3, 0.4) is 0 Å². The van der Waals surface area contributed by atoms with E-state index in [4.69, 9.17) is 5.11 Å². The van der Waals surface area contributed by atoms with Crippen LogP contribution < -0.4 is 0 Å². The maximum atomic E-state index is 11.2. The van der Waals surface area contributed by atoms with Crippen molar-refractivity contribution in [2.45, 2.75) is 33.1 Å². The zero-order chi connectivity index (χ0) is 10.0. The molecule has 3 atom stereocenters. The number of carboxylic acid groups (broad SMARTS) is 1. The fourth-order valence-corrected chi connectivity index (χ4v) is 2.03. The molecule has 0 heterocycles. The fourth-order valence-electron chi connectivity index (χ4n) is 2.03. The third-order valence-electron chi connectivity index (χ3n) is 2.87. The van der Waals surface area contributed by atoms with E-state index in [2.05, 4.69) is 0 Å². The molecule has 0 amide bonds. The number of Topliss-reactive ketones (excluding diaryl/α,β-unsaturated/α-hetero) is 1. The Hall–Kier alpha value is -0.860. The minimum Gasteiger partial charge on any atom is -0.481 e. The number of aliphatic carboxylic acids is 1. The summed E-state index contributed by atoms with van der Waals surface area (Å²) in [5.41, 5.74) is 0. The molecule has 1 fully saturated rings. The minimum absolute atomic E-state index is 0.0498. The largest absolute Gasteiger partial charge is 0.481 e. The predicted octanol–water partition coefficient (Wildman–Crippen LogP) is 1.71. The highest BCUT2D eigenvalue weighted by atomic mass is 16.4. The molecule has 0 spiro atoms. The van der Waals surface area contributed by atoms with Crippen LogP contribution in [-0.4, -0.2) is 16.9 Å². The van der Waals surface area contributed by atoms with E-state index in [1.165, 1.54) is 0 Å². The molecule has 1 aliphatic rings. The van der Waals surface area contributed by atoms with E-state index in [0.717, 1.165) is 6.42 Å². The number of ketones is 1. The SMILES string of the molecule is C[C@H]1CC(=O)C[C@H]([C@@H](C)C(=O)O)C1. The molecule has 1 saturated carbocycles. The van der Waals surface area contributed by atoms with Crippen molar-refractivity contribution in [3.63, 3.8) is 0 Å². The van der Waals surface area contributed by atoms with Crippen LogP contribution in [0, 0.1) is 17.8 Å². The number of carbonyl (C=O) groups excluding carboxylic acids is 1. The lowest BCUT2D eigenvalue weighted by Gasteiger charge is -2.28. The second kappa shape index (κ2) is 3.90. The lowest BCUT2D eigenvalue weighted by atomic mass is 9.76. The maximum absolute atomic E-state index is 11.2. The Kier molecular flexibility index (Phi) is 3.07. The van der Waals surface area contributed by atoms with Crippen LogP contribution in [0.4, 0.5) is 0 Å². The molecule has 3 heteroatoms. The van der Waals surface area contributed by atoms with Crippen molar-refractivity contribution in [2.24, 2.45) is 17.8 Å². The highest BCUT2D eigenvalue weighted by molar-refractivity contribution is 5.80. The number of carboxylic acids is 1. The van der Waals surface area contributed by atoms with E-state index in [9.17, 15) is 9.59 Å². The average molecular weight is 184 g/mol. The molecular weight excluding hydrogens is 168 g/mol. The first kappa shape index (κ1) is 10.2. The molecule has 74 valence electrons. The first-order valence-corrected chi connectivity index (χ1v) is 4.75. The number of carbonyl (C=O) groups is 2. The van der Waals surface area contributed by atoms with E-state index < -0.39 is 5.97 Å². The van der Waals surface area contributed by atoms with Gasteiger partial charge in [-0.15, -0.1) is 0 Å². The van der Waals surface area contributed by atoms with E-state index in [-0.39, 0.29) is 17.6 Å². The van der Waals surface area contributed by atoms with Crippen LogP contribution in [0.1, 0.15) is 33.1 Å². The van der Waals surface area contributed by atoms with Crippen molar-refractivity contribution in [1.29, 1.82) is 0 Å². The monoisotopic (exact) mass is 184 g/mol. The molecule has 0 unspecified atom stereocenters. The van der Waals surface area contributed by atoms with Crippen LogP contribution in [0.5, 0.6) is 0 Å². The van der Waals surface area contributed by atoms with Crippen molar-refractivity contribution in [3.05, 3.63) is 0 Å². The summed E-state index contributed by atoms with van der Waals surface area (Å²) in [6.07, 6.45) is 1.96. The first-order valence-electron chi connectivity index (χ1n) is 4.75. The summed E-state index contributed by atoms with van der Waals surface area (Å²) < 4.78 is 0. The molecular formula is C10H16O3. The maximum Gasteiger partial charge on any atom is 0.306 e. The summed E-state index contributed by atoms with van der Waals surface area (Å²) in [4.78, 5) is 21.9. The van der Waals surface area contributed by atoms with Gasteiger partial charge in [-0.05, 0) is 18.3 Å². The van der Waals surface area contributed by atoms with Gasteiger partial charge < -0.3 is 5.11 Å². The third kappa shape index (κ3) is 2.54. The summed E-state index contributed by atoms with van der Waals surface area (Å²) in [6, 6.07) is 0. The lowest BCUT2D eigenvalue weighted by Crippen LogP contribution is -2.29.